The van der Waals surface area contributed by atoms with E-state index < -0.39 is 0 Å². The predicted molar refractivity (Wildman–Crippen MR) is 205 cm³/mol. The Morgan fingerprint density at radius 3 is 2.56 bits per heavy atom. The number of benzene rings is 2. The van der Waals surface area contributed by atoms with E-state index in [0.717, 1.165) is 75.1 Å². The molecule has 0 N–H and O–H groups in total. The topological polar surface area (TPSA) is 24.8 Å². The summed E-state index contributed by atoms with van der Waals surface area (Å²) in [6.45, 7) is 0. The van der Waals surface area contributed by atoms with Crippen molar-refractivity contribution in [3.63, 3.8) is 0 Å². The summed E-state index contributed by atoms with van der Waals surface area (Å²) in [6, 6.07) is 20.5. The van der Waals surface area contributed by atoms with E-state index in [1.807, 2.05) is 0 Å². The van der Waals surface area contributed by atoms with Crippen molar-refractivity contribution in [2.45, 2.75) is 75.7 Å². The van der Waals surface area contributed by atoms with Gasteiger partial charge in [-0.25, -0.2) is 4.99 Å². The Bertz CT molecular complexity index is 2090. The predicted octanol–water partition coefficient (Wildman–Crippen LogP) is 11.4. The molecule has 3 nitrogen and oxygen atoms in total. The van der Waals surface area contributed by atoms with Gasteiger partial charge < -0.3 is 9.64 Å². The third kappa shape index (κ3) is 5.21. The van der Waals surface area contributed by atoms with Gasteiger partial charge in [0.1, 0.15) is 17.3 Å². The molecule has 0 amide bonds. The summed E-state index contributed by atoms with van der Waals surface area (Å²) in [5.74, 6) is 4.92. The molecule has 5 atom stereocenters. The molecule has 3 aliphatic heterocycles. The number of nitrogens with zero attached hydrogens (tertiary/aromatic N) is 2. The fourth-order valence-electron chi connectivity index (χ4n) is 9.72. The molecule has 2 aromatic carbocycles. The van der Waals surface area contributed by atoms with Crippen molar-refractivity contribution in [3.8, 4) is 0 Å². The second kappa shape index (κ2) is 12.5. The van der Waals surface area contributed by atoms with Gasteiger partial charge in [0.2, 0.25) is 0 Å². The lowest BCUT2D eigenvalue weighted by molar-refractivity contribution is 0.313. The smallest absolute Gasteiger partial charge is 0.130 e. The van der Waals surface area contributed by atoms with Crippen molar-refractivity contribution in [2.24, 2.45) is 16.8 Å². The van der Waals surface area contributed by atoms with Crippen LogP contribution in [0.2, 0.25) is 0 Å². The summed E-state index contributed by atoms with van der Waals surface area (Å²) >= 11 is 0. The highest BCUT2D eigenvalue weighted by atomic mass is 16.5. The van der Waals surface area contributed by atoms with Crippen molar-refractivity contribution in [3.05, 3.63) is 184 Å². The van der Waals surface area contributed by atoms with E-state index in [1.54, 1.807) is 5.57 Å². The van der Waals surface area contributed by atoms with Crippen molar-refractivity contribution in [1.82, 2.24) is 0 Å². The minimum Gasteiger partial charge on any atom is -0.461 e. The Hall–Kier alpha value is -4.89. The van der Waals surface area contributed by atoms with Crippen LogP contribution in [0.1, 0.15) is 80.8 Å². The first-order valence-corrected chi connectivity index (χ1v) is 18.9. The Balaban J connectivity index is 0.964. The van der Waals surface area contributed by atoms with Gasteiger partial charge in [-0.2, -0.15) is 0 Å². The Morgan fingerprint density at radius 2 is 1.64 bits per heavy atom. The van der Waals surface area contributed by atoms with E-state index in [4.69, 9.17) is 9.73 Å². The Labute approximate surface area is 296 Å². The monoisotopic (exact) mass is 652 g/mol. The number of allylic oxidation sites excluding steroid dienone is 16. The first-order valence-electron chi connectivity index (χ1n) is 18.9. The van der Waals surface area contributed by atoms with Crippen LogP contribution >= 0.6 is 0 Å². The molecule has 0 bridgehead atoms. The zero-order valence-electron chi connectivity index (χ0n) is 28.7. The zero-order chi connectivity index (χ0) is 33.0. The first-order chi connectivity index (χ1) is 24.8. The molecule has 0 saturated heterocycles. The van der Waals surface area contributed by atoms with Gasteiger partial charge in [0.15, 0.2) is 0 Å². The normalized spacial score (nSPS) is 29.3. The SMILES string of the molecule is C1=CCCC(C2=NC(N3c4ccccc4C4C=C(C5=CC(C6=CC=C7OC8=C(CCC=C8)C7C6)CC=C5)CCC43)=CC(c3ccccc3)C2)=C1. The highest BCUT2D eigenvalue weighted by molar-refractivity contribution is 6.02. The summed E-state index contributed by atoms with van der Waals surface area (Å²) in [5.41, 5.74) is 12.8. The number of hydrogen-bond acceptors (Lipinski definition) is 3. The maximum Gasteiger partial charge on any atom is 0.130 e. The molecule has 5 aliphatic carbocycles. The third-order valence-electron chi connectivity index (χ3n) is 12.2. The molecule has 248 valence electrons. The van der Waals surface area contributed by atoms with Gasteiger partial charge in [-0.1, -0.05) is 109 Å². The molecule has 3 heteroatoms. The number of fused-ring (bicyclic) bond motifs is 5. The first kappa shape index (κ1) is 30.0. The molecule has 0 radical (unpaired) electrons. The number of hydrogen-bond donors (Lipinski definition) is 0. The second-order valence-electron chi connectivity index (χ2n) is 15.1. The van der Waals surface area contributed by atoms with Crippen molar-refractivity contribution < 1.29 is 4.74 Å². The lowest BCUT2D eigenvalue weighted by Crippen LogP contribution is -2.36. The molecular formula is C47H44N2O. The van der Waals surface area contributed by atoms with E-state index in [-0.39, 0.29) is 0 Å². The number of aliphatic imine (C=N–C) groups is 1. The highest BCUT2D eigenvalue weighted by Gasteiger charge is 2.42. The van der Waals surface area contributed by atoms with Crippen molar-refractivity contribution in [2.75, 3.05) is 4.90 Å². The number of rotatable bonds is 5. The standard InChI is InChI=1S/C47H44N2O/c1-3-12-31(13-4-1)37-29-42(32-14-5-2-6-15-32)48-47(30-37)49-43-20-9-7-18-38(43)40-27-35(22-24-44(40)49)33-16-11-17-34(26-33)36-23-25-46-41(28-36)39-19-8-10-21-45(39)50-46/h1-5,7,9-14,16,18,20-21,23,25-27,30,34,37,40-41,44H,6,8,15,17,19,22,24,28-29H2. The van der Waals surface area contributed by atoms with Gasteiger partial charge in [0.25, 0.3) is 0 Å². The molecule has 5 unspecified atom stereocenters. The quantitative estimate of drug-likeness (QED) is 0.321. The summed E-state index contributed by atoms with van der Waals surface area (Å²) in [6.07, 6.45) is 38.1. The van der Waals surface area contributed by atoms with Crippen LogP contribution < -0.4 is 4.90 Å². The van der Waals surface area contributed by atoms with Gasteiger partial charge in [-0.15, -0.1) is 0 Å². The zero-order valence-corrected chi connectivity index (χ0v) is 28.7. The fourth-order valence-corrected chi connectivity index (χ4v) is 9.72. The van der Waals surface area contributed by atoms with Crippen LogP contribution in [0, 0.1) is 11.8 Å². The maximum absolute atomic E-state index is 6.26. The number of ether oxygens (including phenoxy) is 1. The average molecular weight is 653 g/mol. The molecule has 8 aliphatic rings. The summed E-state index contributed by atoms with van der Waals surface area (Å²) in [4.78, 5) is 8.11. The molecule has 0 saturated carbocycles. The molecule has 0 spiro atoms. The van der Waals surface area contributed by atoms with Gasteiger partial charge >= 0.3 is 0 Å². The lowest BCUT2D eigenvalue weighted by atomic mass is 9.76. The van der Waals surface area contributed by atoms with E-state index in [0.29, 0.717) is 29.7 Å². The summed E-state index contributed by atoms with van der Waals surface area (Å²) in [7, 11) is 0. The van der Waals surface area contributed by atoms with Crippen molar-refractivity contribution in [1.29, 1.82) is 0 Å². The molecule has 50 heavy (non-hydrogen) atoms. The third-order valence-corrected chi connectivity index (χ3v) is 12.2. The largest absolute Gasteiger partial charge is 0.461 e. The van der Waals surface area contributed by atoms with Gasteiger partial charge in [-0.3, -0.25) is 0 Å². The van der Waals surface area contributed by atoms with Crippen LogP contribution in [-0.2, 0) is 4.74 Å². The van der Waals surface area contributed by atoms with E-state index in [9.17, 15) is 0 Å². The summed E-state index contributed by atoms with van der Waals surface area (Å²) in [5, 5.41) is 0. The molecule has 10 rings (SSSR count). The van der Waals surface area contributed by atoms with Gasteiger partial charge in [0, 0.05) is 47.5 Å². The van der Waals surface area contributed by atoms with Crippen LogP contribution in [0.3, 0.4) is 0 Å². The fraction of sp³-hybridized carbons (Fsp3) is 0.298. The average Bonchev–Trinajstić information content (AvgIpc) is 3.73. The Kier molecular flexibility index (Phi) is 7.47. The summed E-state index contributed by atoms with van der Waals surface area (Å²) < 4.78 is 6.26. The van der Waals surface area contributed by atoms with Crippen molar-refractivity contribution >= 4 is 11.4 Å². The highest BCUT2D eigenvalue weighted by Crippen LogP contribution is 2.51. The van der Waals surface area contributed by atoms with Gasteiger partial charge in [-0.05, 0) is 109 Å². The van der Waals surface area contributed by atoms with E-state index in [2.05, 4.69) is 132 Å². The van der Waals surface area contributed by atoms with Crippen LogP contribution in [-0.4, -0.2) is 11.8 Å². The Morgan fingerprint density at radius 1 is 0.740 bits per heavy atom. The van der Waals surface area contributed by atoms with E-state index in [1.165, 1.54) is 44.8 Å². The van der Waals surface area contributed by atoms with Crippen LogP contribution in [0.4, 0.5) is 5.69 Å². The lowest BCUT2D eigenvalue weighted by Gasteiger charge is -2.36. The molecule has 0 aromatic heterocycles. The minimum atomic E-state index is 0.314. The maximum atomic E-state index is 6.26. The molecule has 2 aromatic rings. The molecule has 3 heterocycles. The van der Waals surface area contributed by atoms with Crippen LogP contribution in [0.5, 0.6) is 0 Å². The number of para-hydroxylation sites is 1. The van der Waals surface area contributed by atoms with Crippen LogP contribution in [0.25, 0.3) is 0 Å². The van der Waals surface area contributed by atoms with Crippen LogP contribution in [0.15, 0.2) is 178 Å². The van der Waals surface area contributed by atoms with Gasteiger partial charge in [0.05, 0.1) is 0 Å². The number of anilines is 1. The molecule has 0 fully saturated rings. The van der Waals surface area contributed by atoms with E-state index >= 15 is 0 Å². The molecular weight excluding hydrogens is 609 g/mol. The minimum absolute atomic E-state index is 0.314. The second-order valence-corrected chi connectivity index (χ2v) is 15.1.